The van der Waals surface area contributed by atoms with Crippen molar-refractivity contribution in [1.29, 1.82) is 0 Å². The molecule has 1 fully saturated rings. The number of halogens is 1. The van der Waals surface area contributed by atoms with Crippen LogP contribution in [0.4, 0.5) is 10.1 Å². The summed E-state index contributed by atoms with van der Waals surface area (Å²) < 4.78 is 33.4. The van der Waals surface area contributed by atoms with Crippen molar-refractivity contribution in [1.82, 2.24) is 19.7 Å². The van der Waals surface area contributed by atoms with Crippen LogP contribution in [-0.4, -0.2) is 106 Å². The Morgan fingerprint density at radius 2 is 1.78 bits per heavy atom. The second kappa shape index (κ2) is 15.8. The van der Waals surface area contributed by atoms with Gasteiger partial charge in [-0.15, -0.1) is 0 Å². The van der Waals surface area contributed by atoms with Crippen LogP contribution < -0.4 is 10.6 Å². The molecule has 0 saturated carbocycles. The SMILES string of the molecule is C=CC(=O)NCCOCCOCCOCC(=O)Nc1cccc2c([C@H]3CN([C@H]4CCc5cccc(F)c54)C[C@@H]3N(C)C)cn(C)c12. The highest BCUT2D eigenvalue weighted by Crippen LogP contribution is 2.44. The number of carbonyl (C=O) groups is 2. The first-order chi connectivity index (χ1) is 22.3. The van der Waals surface area contributed by atoms with Crippen LogP contribution >= 0.6 is 0 Å². The minimum absolute atomic E-state index is 0.0871. The van der Waals surface area contributed by atoms with E-state index < -0.39 is 0 Å². The normalized spacial score (nSPS) is 19.5. The molecule has 2 aromatic carbocycles. The van der Waals surface area contributed by atoms with Crippen molar-refractivity contribution in [3.8, 4) is 0 Å². The molecule has 3 atom stereocenters. The summed E-state index contributed by atoms with van der Waals surface area (Å²) in [5.41, 5.74) is 4.94. The summed E-state index contributed by atoms with van der Waals surface area (Å²) in [5, 5.41) is 6.77. The third-order valence-electron chi connectivity index (χ3n) is 9.00. The van der Waals surface area contributed by atoms with Crippen molar-refractivity contribution in [2.24, 2.45) is 7.05 Å². The van der Waals surface area contributed by atoms with E-state index in [2.05, 4.69) is 64.0 Å². The van der Waals surface area contributed by atoms with Gasteiger partial charge in [-0.3, -0.25) is 14.5 Å². The molecule has 2 aliphatic rings. The number of aryl methyl sites for hydroxylation is 2. The van der Waals surface area contributed by atoms with E-state index in [0.29, 0.717) is 33.0 Å². The molecule has 2 N–H and O–H groups in total. The third kappa shape index (κ3) is 7.84. The monoisotopic (exact) mass is 635 g/mol. The lowest BCUT2D eigenvalue weighted by atomic mass is 9.93. The number of nitrogens with zero attached hydrogens (tertiary/aromatic N) is 3. The molecular weight excluding hydrogens is 589 g/mol. The van der Waals surface area contributed by atoms with Gasteiger partial charge in [-0.1, -0.05) is 30.8 Å². The minimum atomic E-state index is -0.236. The fourth-order valence-electron chi connectivity index (χ4n) is 6.88. The molecule has 2 heterocycles. The Hall–Kier alpha value is -3.61. The van der Waals surface area contributed by atoms with Crippen LogP contribution in [0.3, 0.4) is 0 Å². The molecule has 0 radical (unpaired) electrons. The van der Waals surface area contributed by atoms with Gasteiger partial charge < -0.3 is 34.3 Å². The second-order valence-electron chi connectivity index (χ2n) is 12.2. The van der Waals surface area contributed by atoms with Crippen molar-refractivity contribution in [3.05, 3.63) is 77.8 Å². The number of amides is 2. The van der Waals surface area contributed by atoms with Crippen molar-refractivity contribution in [2.45, 2.75) is 30.8 Å². The lowest BCUT2D eigenvalue weighted by Crippen LogP contribution is -2.35. The molecule has 0 unspecified atom stereocenters. The molecule has 0 spiro atoms. The first kappa shape index (κ1) is 33.7. The van der Waals surface area contributed by atoms with Gasteiger partial charge in [0.15, 0.2) is 0 Å². The van der Waals surface area contributed by atoms with Crippen molar-refractivity contribution < 1.29 is 28.2 Å². The van der Waals surface area contributed by atoms with E-state index in [1.54, 1.807) is 6.07 Å². The molecule has 1 aromatic heterocycles. The molecular formula is C35H46FN5O5. The summed E-state index contributed by atoms with van der Waals surface area (Å²) in [6.45, 7) is 7.22. The predicted molar refractivity (Wildman–Crippen MR) is 176 cm³/mol. The van der Waals surface area contributed by atoms with E-state index in [-0.39, 0.29) is 48.8 Å². The predicted octanol–water partition coefficient (Wildman–Crippen LogP) is 3.62. The van der Waals surface area contributed by atoms with E-state index in [1.165, 1.54) is 11.6 Å². The Kier molecular flexibility index (Phi) is 11.6. The number of nitrogens with one attached hydrogen (secondary N) is 2. The Balaban J connectivity index is 1.15. The first-order valence-electron chi connectivity index (χ1n) is 16.0. The largest absolute Gasteiger partial charge is 0.377 e. The summed E-state index contributed by atoms with van der Waals surface area (Å²) in [5.74, 6) is -0.334. The topological polar surface area (TPSA) is 97.3 Å². The van der Waals surface area contributed by atoms with Crippen molar-refractivity contribution >= 4 is 28.4 Å². The number of hydrogen-bond acceptors (Lipinski definition) is 7. The number of ether oxygens (including phenoxy) is 3. The molecule has 3 aromatic rings. The van der Waals surface area contributed by atoms with Gasteiger partial charge in [0.25, 0.3) is 0 Å². The van der Waals surface area contributed by atoms with Crippen LogP contribution in [0, 0.1) is 5.82 Å². The van der Waals surface area contributed by atoms with Crippen LogP contribution in [0.25, 0.3) is 10.9 Å². The van der Waals surface area contributed by atoms with Crippen LogP contribution in [-0.2, 0) is 37.3 Å². The fraction of sp³-hybridized carbons (Fsp3) is 0.486. The Morgan fingerprint density at radius 3 is 2.54 bits per heavy atom. The van der Waals surface area contributed by atoms with Gasteiger partial charge in [0.1, 0.15) is 12.4 Å². The average Bonchev–Trinajstić information content (AvgIpc) is 3.76. The molecule has 11 heteroatoms. The maximum atomic E-state index is 14.9. The summed E-state index contributed by atoms with van der Waals surface area (Å²) in [4.78, 5) is 28.6. The lowest BCUT2D eigenvalue weighted by Gasteiger charge is -2.26. The van der Waals surface area contributed by atoms with E-state index in [1.807, 2.05) is 25.2 Å². The summed E-state index contributed by atoms with van der Waals surface area (Å²) >= 11 is 0. The van der Waals surface area contributed by atoms with Gasteiger partial charge in [0, 0.05) is 61.8 Å². The standard InChI is InChI=1S/C35H46FN5O5/c1-5-32(42)37-14-15-44-16-17-45-18-19-46-23-33(43)38-29-11-7-9-25-26(20-40(4)35(25)29)27-21-41(22-31(27)39(2)3)30-13-12-24-8-6-10-28(36)34(24)30/h5-11,20,27,30-31H,1,12-19,21-23H2,2-4H3,(H,37,42)(H,38,43)/t27-,30+,31+/m1/s1. The number of fused-ring (bicyclic) bond motifs is 2. The molecule has 2 amide bonds. The number of hydrogen-bond donors (Lipinski definition) is 2. The van der Waals surface area contributed by atoms with Gasteiger partial charge in [-0.05, 0) is 56.3 Å². The first-order valence-corrected chi connectivity index (χ1v) is 16.0. The second-order valence-corrected chi connectivity index (χ2v) is 12.2. The zero-order chi connectivity index (χ0) is 32.6. The van der Waals surface area contributed by atoms with Gasteiger partial charge in [0.05, 0.1) is 44.2 Å². The Labute approximate surface area is 270 Å². The van der Waals surface area contributed by atoms with E-state index in [0.717, 1.165) is 53.6 Å². The molecule has 5 rings (SSSR count). The molecule has 46 heavy (non-hydrogen) atoms. The smallest absolute Gasteiger partial charge is 0.250 e. The highest BCUT2D eigenvalue weighted by atomic mass is 19.1. The molecule has 1 saturated heterocycles. The van der Waals surface area contributed by atoms with Gasteiger partial charge in [-0.2, -0.15) is 0 Å². The van der Waals surface area contributed by atoms with E-state index in [9.17, 15) is 14.0 Å². The van der Waals surface area contributed by atoms with Crippen molar-refractivity contribution in [2.75, 3.05) is 78.7 Å². The summed E-state index contributed by atoms with van der Waals surface area (Å²) in [6, 6.07) is 11.8. The molecule has 1 aliphatic heterocycles. The maximum Gasteiger partial charge on any atom is 0.250 e. The molecule has 10 nitrogen and oxygen atoms in total. The highest BCUT2D eigenvalue weighted by Gasteiger charge is 2.42. The quantitative estimate of drug-likeness (QED) is 0.183. The molecule has 0 bridgehead atoms. The highest BCUT2D eigenvalue weighted by molar-refractivity contribution is 6.02. The fourth-order valence-corrected chi connectivity index (χ4v) is 6.88. The third-order valence-corrected chi connectivity index (χ3v) is 9.00. The minimum Gasteiger partial charge on any atom is -0.377 e. The van der Waals surface area contributed by atoms with Crippen LogP contribution in [0.15, 0.2) is 55.3 Å². The summed E-state index contributed by atoms with van der Waals surface area (Å²) in [6.07, 6.45) is 5.25. The number of likely N-dealkylation sites (N-methyl/N-ethyl adjacent to an activating group) is 1. The Bertz CT molecular complexity index is 1520. The maximum absolute atomic E-state index is 14.9. The van der Waals surface area contributed by atoms with Gasteiger partial charge in [-0.25, -0.2) is 4.39 Å². The van der Waals surface area contributed by atoms with Gasteiger partial charge in [0.2, 0.25) is 11.8 Å². The van der Waals surface area contributed by atoms with Crippen LogP contribution in [0.1, 0.15) is 35.1 Å². The molecule has 248 valence electrons. The van der Waals surface area contributed by atoms with Gasteiger partial charge >= 0.3 is 0 Å². The number of likely N-dealkylation sites (tertiary alicyclic amines) is 1. The lowest BCUT2D eigenvalue weighted by molar-refractivity contribution is -0.121. The number of aromatic nitrogens is 1. The van der Waals surface area contributed by atoms with Crippen molar-refractivity contribution in [3.63, 3.8) is 0 Å². The number of carbonyl (C=O) groups excluding carboxylic acids is 2. The summed E-state index contributed by atoms with van der Waals surface area (Å²) in [7, 11) is 6.25. The zero-order valence-electron chi connectivity index (χ0n) is 27.1. The zero-order valence-corrected chi connectivity index (χ0v) is 27.1. The van der Waals surface area contributed by atoms with E-state index >= 15 is 0 Å². The Morgan fingerprint density at radius 1 is 1.04 bits per heavy atom. The average molecular weight is 636 g/mol. The van der Waals surface area contributed by atoms with E-state index in [4.69, 9.17) is 14.2 Å². The van der Waals surface area contributed by atoms with Crippen LogP contribution in [0.2, 0.25) is 0 Å². The number of anilines is 1. The number of benzene rings is 2. The number of para-hydroxylation sites is 1. The number of rotatable bonds is 16. The molecule has 1 aliphatic carbocycles. The van der Waals surface area contributed by atoms with Crippen LogP contribution in [0.5, 0.6) is 0 Å².